The maximum absolute atomic E-state index is 13.5. The van der Waals surface area contributed by atoms with Crippen molar-refractivity contribution >= 4 is 22.7 Å². The van der Waals surface area contributed by atoms with E-state index < -0.39 is 23.9 Å². The number of carbonyl (C=O) groups is 2. The van der Waals surface area contributed by atoms with E-state index in [2.05, 4.69) is 19.9 Å². The number of rotatable bonds is 6. The highest BCUT2D eigenvalue weighted by Crippen LogP contribution is 2.42. The molecule has 8 nitrogen and oxygen atoms in total. The summed E-state index contributed by atoms with van der Waals surface area (Å²) >= 11 is 0. The smallest absolute Gasteiger partial charge is 0.345 e. The summed E-state index contributed by atoms with van der Waals surface area (Å²) in [5.74, 6) is -1.07. The van der Waals surface area contributed by atoms with Crippen LogP contribution in [0.3, 0.4) is 0 Å². The molecule has 1 saturated carbocycles. The van der Waals surface area contributed by atoms with E-state index in [-0.39, 0.29) is 24.8 Å². The Hall–Kier alpha value is -3.34. The number of fused-ring (bicyclic) bond motifs is 2. The molecule has 1 aliphatic heterocycles. The molecule has 3 heterocycles. The number of hydrogen-bond acceptors (Lipinski definition) is 4. The van der Waals surface area contributed by atoms with Crippen molar-refractivity contribution in [1.29, 1.82) is 0 Å². The van der Waals surface area contributed by atoms with Gasteiger partial charge in [-0.1, -0.05) is 0 Å². The first-order valence-corrected chi connectivity index (χ1v) is 10.6. The molecule has 2 aliphatic rings. The van der Waals surface area contributed by atoms with E-state index in [0.717, 1.165) is 11.1 Å². The second-order valence-electron chi connectivity index (χ2n) is 8.58. The Balaban J connectivity index is 1.35. The summed E-state index contributed by atoms with van der Waals surface area (Å²) in [5.41, 5.74) is 1.64. The van der Waals surface area contributed by atoms with Gasteiger partial charge in [-0.2, -0.15) is 13.9 Å². The van der Waals surface area contributed by atoms with Crippen LogP contribution in [-0.2, 0) is 17.7 Å². The van der Waals surface area contributed by atoms with E-state index in [0.29, 0.717) is 42.6 Å². The van der Waals surface area contributed by atoms with Crippen molar-refractivity contribution in [3.63, 3.8) is 0 Å². The number of nitrogens with zero attached hydrogens (tertiary/aromatic N) is 3. The Morgan fingerprint density at radius 2 is 2.09 bits per heavy atom. The minimum atomic E-state index is -2.90. The molecule has 33 heavy (non-hydrogen) atoms. The van der Waals surface area contributed by atoms with E-state index in [1.54, 1.807) is 24.1 Å². The largest absolute Gasteiger partial charge is 0.350 e. The Bertz CT molecular complexity index is 1230. The molecule has 2 N–H and O–H groups in total. The third-order valence-electron chi connectivity index (χ3n) is 6.56. The van der Waals surface area contributed by atoms with Crippen LogP contribution in [0.15, 0.2) is 24.3 Å². The van der Waals surface area contributed by atoms with Gasteiger partial charge in [-0.3, -0.25) is 14.7 Å². The number of benzene rings is 1. The van der Waals surface area contributed by atoms with E-state index in [9.17, 15) is 22.8 Å². The van der Waals surface area contributed by atoms with Gasteiger partial charge in [-0.05, 0) is 37.1 Å². The van der Waals surface area contributed by atoms with Gasteiger partial charge >= 0.3 is 6.61 Å². The van der Waals surface area contributed by atoms with E-state index in [1.807, 2.05) is 0 Å². The molecular weight excluding hydrogens is 439 g/mol. The van der Waals surface area contributed by atoms with Crippen LogP contribution in [-0.4, -0.2) is 69.1 Å². The number of likely N-dealkylation sites (N-methyl/N-ethyl adjacent to an activating group) is 1. The van der Waals surface area contributed by atoms with E-state index >= 15 is 0 Å². The molecule has 3 aromatic rings. The van der Waals surface area contributed by atoms with Crippen LogP contribution < -0.4 is 0 Å². The third-order valence-corrected chi connectivity index (χ3v) is 6.56. The molecule has 0 spiro atoms. The fourth-order valence-electron chi connectivity index (χ4n) is 4.34. The number of aromatic nitrogens is 3. The zero-order chi connectivity index (χ0) is 23.3. The SMILES string of the molecule is CN(C(=O)c1n[nH]c2c1CN(C(=O)c1cc3ccc(F)cc3[nH]1)CC2)C1(COC(F)F)CC1. The molecular formula is C22H22F3N5O3. The summed E-state index contributed by atoms with van der Waals surface area (Å²) < 4.78 is 43.0. The molecule has 0 saturated heterocycles. The van der Waals surface area contributed by atoms with Crippen LogP contribution in [0.1, 0.15) is 45.1 Å². The molecule has 5 rings (SSSR count). The third kappa shape index (κ3) is 3.86. The Morgan fingerprint density at radius 1 is 1.30 bits per heavy atom. The quantitative estimate of drug-likeness (QED) is 0.590. The van der Waals surface area contributed by atoms with Crippen LogP contribution in [0.4, 0.5) is 13.2 Å². The lowest BCUT2D eigenvalue weighted by molar-refractivity contribution is -0.141. The average molecular weight is 461 g/mol. The predicted octanol–water partition coefficient (Wildman–Crippen LogP) is 3.07. The number of H-pyrrole nitrogens is 2. The number of carbonyl (C=O) groups excluding carboxylic acids is 2. The topological polar surface area (TPSA) is 94.3 Å². The number of hydrogen-bond donors (Lipinski definition) is 2. The number of amides is 2. The van der Waals surface area contributed by atoms with Gasteiger partial charge in [0.15, 0.2) is 5.69 Å². The molecule has 1 aliphatic carbocycles. The van der Waals surface area contributed by atoms with Gasteiger partial charge in [0.1, 0.15) is 11.5 Å². The van der Waals surface area contributed by atoms with Crippen molar-refractivity contribution in [3.05, 3.63) is 52.7 Å². The Labute approximate surface area is 186 Å². The fourth-order valence-corrected chi connectivity index (χ4v) is 4.34. The molecule has 1 aromatic carbocycles. The van der Waals surface area contributed by atoms with Gasteiger partial charge in [-0.25, -0.2) is 4.39 Å². The fraction of sp³-hybridized carbons (Fsp3) is 0.409. The Kier molecular flexibility index (Phi) is 5.15. The van der Waals surface area contributed by atoms with Crippen molar-refractivity contribution in [3.8, 4) is 0 Å². The molecule has 0 bridgehead atoms. The summed E-state index contributed by atoms with van der Waals surface area (Å²) in [4.78, 5) is 32.2. The molecule has 0 radical (unpaired) electrons. The van der Waals surface area contributed by atoms with Gasteiger partial charge in [0.05, 0.1) is 18.7 Å². The number of halogens is 3. The lowest BCUT2D eigenvalue weighted by atomic mass is 10.0. The van der Waals surface area contributed by atoms with Crippen LogP contribution in [0, 0.1) is 5.82 Å². The highest BCUT2D eigenvalue weighted by Gasteiger charge is 2.50. The minimum Gasteiger partial charge on any atom is -0.350 e. The molecule has 0 unspecified atom stereocenters. The Morgan fingerprint density at radius 3 is 2.82 bits per heavy atom. The molecule has 1 fully saturated rings. The van der Waals surface area contributed by atoms with Crippen LogP contribution in [0.2, 0.25) is 0 Å². The summed E-state index contributed by atoms with van der Waals surface area (Å²) in [6, 6.07) is 5.92. The maximum atomic E-state index is 13.5. The van der Waals surface area contributed by atoms with Crippen molar-refractivity contribution in [1.82, 2.24) is 25.0 Å². The van der Waals surface area contributed by atoms with Crippen LogP contribution in [0.5, 0.6) is 0 Å². The van der Waals surface area contributed by atoms with Crippen molar-refractivity contribution in [2.45, 2.75) is 38.0 Å². The lowest BCUT2D eigenvalue weighted by Crippen LogP contribution is -2.43. The first-order chi connectivity index (χ1) is 15.8. The summed E-state index contributed by atoms with van der Waals surface area (Å²) in [6.07, 6.45) is 1.62. The number of ether oxygens (including phenoxy) is 1. The van der Waals surface area contributed by atoms with Gasteiger partial charge < -0.3 is 19.5 Å². The van der Waals surface area contributed by atoms with Crippen LogP contribution in [0.25, 0.3) is 10.9 Å². The standard InChI is InChI=1S/C22H22F3N5O3/c1-29(22(5-6-22)11-33-21(24)25)20(32)18-14-10-30(7-4-15(14)27-28-18)19(31)17-8-12-2-3-13(23)9-16(12)26-17/h2-3,8-9,21,26H,4-7,10-11H2,1H3,(H,27,28). The van der Waals surface area contributed by atoms with Gasteiger partial charge in [0.25, 0.3) is 11.8 Å². The lowest BCUT2D eigenvalue weighted by Gasteiger charge is -2.29. The summed E-state index contributed by atoms with van der Waals surface area (Å²) in [6.45, 7) is -2.55. The van der Waals surface area contributed by atoms with Gasteiger partial charge in [0.2, 0.25) is 0 Å². The van der Waals surface area contributed by atoms with Gasteiger partial charge in [-0.15, -0.1) is 0 Å². The second-order valence-corrected chi connectivity index (χ2v) is 8.58. The zero-order valence-electron chi connectivity index (χ0n) is 17.8. The monoisotopic (exact) mass is 461 g/mol. The summed E-state index contributed by atoms with van der Waals surface area (Å²) in [7, 11) is 1.56. The van der Waals surface area contributed by atoms with Crippen molar-refractivity contribution in [2.24, 2.45) is 0 Å². The molecule has 174 valence electrons. The van der Waals surface area contributed by atoms with E-state index in [4.69, 9.17) is 0 Å². The minimum absolute atomic E-state index is 0.170. The van der Waals surface area contributed by atoms with Crippen molar-refractivity contribution < 1.29 is 27.5 Å². The average Bonchev–Trinajstić information content (AvgIpc) is 3.29. The number of nitrogens with one attached hydrogen (secondary N) is 2. The molecule has 2 amide bonds. The molecule has 11 heteroatoms. The molecule has 2 aromatic heterocycles. The first-order valence-electron chi connectivity index (χ1n) is 10.6. The zero-order valence-corrected chi connectivity index (χ0v) is 17.8. The van der Waals surface area contributed by atoms with Gasteiger partial charge in [0, 0.05) is 42.2 Å². The van der Waals surface area contributed by atoms with Crippen molar-refractivity contribution in [2.75, 3.05) is 20.2 Å². The molecule has 0 atom stereocenters. The summed E-state index contributed by atoms with van der Waals surface area (Å²) in [5, 5.41) is 7.77. The number of aromatic amines is 2. The highest BCUT2D eigenvalue weighted by atomic mass is 19.3. The first kappa shape index (κ1) is 21.5. The maximum Gasteiger partial charge on any atom is 0.345 e. The normalized spacial score (nSPS) is 16.8. The highest BCUT2D eigenvalue weighted by molar-refractivity contribution is 5.99. The van der Waals surface area contributed by atoms with Crippen LogP contribution >= 0.6 is 0 Å². The predicted molar refractivity (Wildman–Crippen MR) is 111 cm³/mol. The van der Waals surface area contributed by atoms with E-state index in [1.165, 1.54) is 17.0 Å². The second kappa shape index (κ2) is 7.91. The number of alkyl halides is 2.